The number of rotatable bonds is 8. The summed E-state index contributed by atoms with van der Waals surface area (Å²) in [5.74, 6) is 0.0370. The predicted molar refractivity (Wildman–Crippen MR) is 98.3 cm³/mol. The van der Waals surface area contributed by atoms with Gasteiger partial charge in [0.1, 0.15) is 11.6 Å². The summed E-state index contributed by atoms with van der Waals surface area (Å²) in [5, 5.41) is 2.69. The molecule has 2 aromatic rings. The SMILES string of the molecule is COc1ccc(CC(=O)NCCN(c2ccc(F)cc2)S(C)(=O)=O)cc1. The van der Waals surface area contributed by atoms with Gasteiger partial charge >= 0.3 is 0 Å². The molecule has 0 aromatic heterocycles. The van der Waals surface area contributed by atoms with E-state index in [1.54, 1.807) is 31.4 Å². The summed E-state index contributed by atoms with van der Waals surface area (Å²) in [7, 11) is -1.98. The van der Waals surface area contributed by atoms with E-state index in [-0.39, 0.29) is 25.4 Å². The summed E-state index contributed by atoms with van der Waals surface area (Å²) in [6, 6.07) is 12.3. The number of halogens is 1. The minimum Gasteiger partial charge on any atom is -0.497 e. The minimum absolute atomic E-state index is 0.0544. The van der Waals surface area contributed by atoms with Crippen molar-refractivity contribution in [1.82, 2.24) is 5.32 Å². The monoisotopic (exact) mass is 380 g/mol. The molecule has 0 saturated heterocycles. The Labute approximate surface area is 152 Å². The van der Waals surface area contributed by atoms with Gasteiger partial charge in [-0.15, -0.1) is 0 Å². The maximum absolute atomic E-state index is 13.0. The van der Waals surface area contributed by atoms with Gasteiger partial charge in [-0.05, 0) is 42.0 Å². The lowest BCUT2D eigenvalue weighted by Gasteiger charge is -2.22. The summed E-state index contributed by atoms with van der Waals surface area (Å²) in [5.41, 5.74) is 1.17. The average molecular weight is 380 g/mol. The lowest BCUT2D eigenvalue weighted by Crippen LogP contribution is -2.38. The number of hydrogen-bond donors (Lipinski definition) is 1. The number of benzene rings is 2. The average Bonchev–Trinajstić information content (AvgIpc) is 2.59. The number of methoxy groups -OCH3 is 1. The summed E-state index contributed by atoms with van der Waals surface area (Å²) in [4.78, 5) is 12.0. The molecule has 0 aliphatic carbocycles. The lowest BCUT2D eigenvalue weighted by atomic mass is 10.1. The maximum atomic E-state index is 13.0. The van der Waals surface area contributed by atoms with Gasteiger partial charge in [-0.3, -0.25) is 9.10 Å². The number of nitrogens with one attached hydrogen (secondary N) is 1. The Morgan fingerprint density at radius 3 is 2.27 bits per heavy atom. The van der Waals surface area contributed by atoms with Gasteiger partial charge in [-0.1, -0.05) is 12.1 Å². The first kappa shape index (κ1) is 19.7. The quantitative estimate of drug-likeness (QED) is 0.760. The molecule has 0 saturated carbocycles. The van der Waals surface area contributed by atoms with Crippen LogP contribution in [0.1, 0.15) is 5.56 Å². The molecule has 140 valence electrons. The molecule has 1 amide bonds. The highest BCUT2D eigenvalue weighted by molar-refractivity contribution is 7.92. The first-order valence-electron chi connectivity index (χ1n) is 7.92. The van der Waals surface area contributed by atoms with Gasteiger partial charge < -0.3 is 10.1 Å². The molecule has 8 heteroatoms. The molecule has 0 atom stereocenters. The van der Waals surface area contributed by atoms with Gasteiger partial charge in [-0.25, -0.2) is 12.8 Å². The van der Waals surface area contributed by atoms with Crippen LogP contribution in [-0.4, -0.2) is 40.8 Å². The Balaban J connectivity index is 1.92. The molecule has 0 radical (unpaired) electrons. The highest BCUT2D eigenvalue weighted by Gasteiger charge is 2.17. The normalized spacial score (nSPS) is 11.0. The van der Waals surface area contributed by atoms with Crippen LogP contribution in [0.15, 0.2) is 48.5 Å². The molecule has 26 heavy (non-hydrogen) atoms. The zero-order valence-electron chi connectivity index (χ0n) is 14.6. The van der Waals surface area contributed by atoms with Crippen LogP contribution in [0.4, 0.5) is 10.1 Å². The molecule has 2 rings (SSSR count). The molecular formula is C18H21FN2O4S. The maximum Gasteiger partial charge on any atom is 0.232 e. The number of anilines is 1. The van der Waals surface area contributed by atoms with E-state index in [0.29, 0.717) is 11.4 Å². The van der Waals surface area contributed by atoms with Crippen LogP contribution in [0.25, 0.3) is 0 Å². The number of hydrogen-bond acceptors (Lipinski definition) is 4. The number of nitrogens with zero attached hydrogens (tertiary/aromatic N) is 1. The zero-order chi connectivity index (χ0) is 19.2. The van der Waals surface area contributed by atoms with E-state index >= 15 is 0 Å². The van der Waals surface area contributed by atoms with Crippen molar-refractivity contribution in [3.05, 3.63) is 59.9 Å². The zero-order valence-corrected chi connectivity index (χ0v) is 15.4. The highest BCUT2D eigenvalue weighted by atomic mass is 32.2. The molecule has 0 fully saturated rings. The van der Waals surface area contributed by atoms with E-state index in [2.05, 4.69) is 5.32 Å². The molecule has 2 aromatic carbocycles. The molecule has 0 unspecified atom stereocenters. The lowest BCUT2D eigenvalue weighted by molar-refractivity contribution is -0.120. The number of amides is 1. The van der Waals surface area contributed by atoms with Crippen molar-refractivity contribution in [1.29, 1.82) is 0 Å². The van der Waals surface area contributed by atoms with E-state index in [4.69, 9.17) is 4.74 Å². The van der Waals surface area contributed by atoms with Crippen molar-refractivity contribution in [3.8, 4) is 5.75 Å². The fraction of sp³-hybridized carbons (Fsp3) is 0.278. The third kappa shape index (κ3) is 5.73. The Morgan fingerprint density at radius 2 is 1.73 bits per heavy atom. The van der Waals surface area contributed by atoms with E-state index < -0.39 is 15.8 Å². The van der Waals surface area contributed by atoms with Crippen molar-refractivity contribution < 1.29 is 22.3 Å². The van der Waals surface area contributed by atoms with E-state index in [0.717, 1.165) is 16.1 Å². The molecule has 0 aliphatic rings. The number of ether oxygens (including phenoxy) is 1. The van der Waals surface area contributed by atoms with Crippen LogP contribution in [0.3, 0.4) is 0 Å². The second-order valence-corrected chi connectivity index (χ2v) is 7.59. The van der Waals surface area contributed by atoms with Crippen LogP contribution in [-0.2, 0) is 21.2 Å². The summed E-state index contributed by atoms with van der Waals surface area (Å²) in [6.07, 6.45) is 1.24. The fourth-order valence-electron chi connectivity index (χ4n) is 2.38. The van der Waals surface area contributed by atoms with E-state index in [9.17, 15) is 17.6 Å². The molecule has 1 N–H and O–H groups in total. The van der Waals surface area contributed by atoms with Crippen molar-refractivity contribution in [3.63, 3.8) is 0 Å². The Bertz CT molecular complexity index is 836. The van der Waals surface area contributed by atoms with Crippen LogP contribution in [0, 0.1) is 5.82 Å². The van der Waals surface area contributed by atoms with Crippen molar-refractivity contribution >= 4 is 21.6 Å². The smallest absolute Gasteiger partial charge is 0.232 e. The number of carbonyl (C=O) groups is 1. The third-order valence-corrected chi connectivity index (χ3v) is 4.87. The molecule has 0 bridgehead atoms. The van der Waals surface area contributed by atoms with Gasteiger partial charge in [0, 0.05) is 6.54 Å². The van der Waals surface area contributed by atoms with Crippen LogP contribution in [0.5, 0.6) is 5.75 Å². The van der Waals surface area contributed by atoms with Gasteiger partial charge in [0.15, 0.2) is 0 Å². The van der Waals surface area contributed by atoms with Gasteiger partial charge in [0.05, 0.1) is 32.0 Å². The third-order valence-electron chi connectivity index (χ3n) is 3.68. The molecule has 6 nitrogen and oxygen atoms in total. The molecule has 0 spiro atoms. The largest absolute Gasteiger partial charge is 0.497 e. The first-order valence-corrected chi connectivity index (χ1v) is 9.77. The Hall–Kier alpha value is -2.61. The van der Waals surface area contributed by atoms with Gasteiger partial charge in [0.2, 0.25) is 15.9 Å². The predicted octanol–water partition coefficient (Wildman–Crippen LogP) is 1.96. The molecule has 0 heterocycles. The standard InChI is InChI=1S/C18H21FN2O4S/c1-25-17-9-3-14(4-10-17)13-18(22)20-11-12-21(26(2,23)24)16-7-5-15(19)6-8-16/h3-10H,11-13H2,1-2H3,(H,20,22). The summed E-state index contributed by atoms with van der Waals surface area (Å²) >= 11 is 0. The van der Waals surface area contributed by atoms with Crippen LogP contribution < -0.4 is 14.4 Å². The molecular weight excluding hydrogens is 359 g/mol. The topological polar surface area (TPSA) is 75.7 Å². The Kier molecular flexibility index (Phi) is 6.57. The van der Waals surface area contributed by atoms with Crippen LogP contribution >= 0.6 is 0 Å². The number of carbonyl (C=O) groups excluding carboxylic acids is 1. The fourth-order valence-corrected chi connectivity index (χ4v) is 3.31. The second-order valence-electron chi connectivity index (χ2n) is 5.69. The van der Waals surface area contributed by atoms with Crippen molar-refractivity contribution in [2.45, 2.75) is 6.42 Å². The summed E-state index contributed by atoms with van der Waals surface area (Å²) < 4.78 is 43.1. The second kappa shape index (κ2) is 8.66. The Morgan fingerprint density at radius 1 is 1.12 bits per heavy atom. The first-order chi connectivity index (χ1) is 12.3. The van der Waals surface area contributed by atoms with Crippen molar-refractivity contribution in [2.24, 2.45) is 0 Å². The van der Waals surface area contributed by atoms with Crippen LogP contribution in [0.2, 0.25) is 0 Å². The highest BCUT2D eigenvalue weighted by Crippen LogP contribution is 2.17. The minimum atomic E-state index is -3.55. The van der Waals surface area contributed by atoms with Gasteiger partial charge in [-0.2, -0.15) is 0 Å². The summed E-state index contributed by atoms with van der Waals surface area (Å²) in [6.45, 7) is 0.193. The van der Waals surface area contributed by atoms with E-state index in [1.807, 2.05) is 0 Å². The molecule has 0 aliphatic heterocycles. The van der Waals surface area contributed by atoms with Crippen molar-refractivity contribution in [2.75, 3.05) is 30.8 Å². The van der Waals surface area contributed by atoms with Gasteiger partial charge in [0.25, 0.3) is 0 Å². The van der Waals surface area contributed by atoms with E-state index in [1.165, 1.54) is 24.3 Å². The number of sulfonamides is 1.